The van der Waals surface area contributed by atoms with E-state index in [9.17, 15) is 4.79 Å². The maximum absolute atomic E-state index is 12.1. The lowest BCUT2D eigenvalue weighted by Gasteiger charge is -2.17. The first kappa shape index (κ1) is 16.4. The Morgan fingerprint density at radius 2 is 1.79 bits per heavy atom. The van der Waals surface area contributed by atoms with Gasteiger partial charge in [-0.05, 0) is 60.0 Å². The average Bonchev–Trinajstić information content (AvgIpc) is 2.96. The van der Waals surface area contributed by atoms with Crippen LogP contribution in [0.5, 0.6) is 11.5 Å². The first-order valence-corrected chi connectivity index (χ1v) is 8.30. The molecule has 1 fully saturated rings. The highest BCUT2D eigenvalue weighted by Crippen LogP contribution is 2.29. The highest BCUT2D eigenvalue weighted by molar-refractivity contribution is 9.10. The molecule has 0 N–H and O–H groups in total. The normalized spacial score (nSPS) is 16.8. The van der Waals surface area contributed by atoms with Crippen molar-refractivity contribution < 1.29 is 9.53 Å². The van der Waals surface area contributed by atoms with Gasteiger partial charge in [0, 0.05) is 34.6 Å². The summed E-state index contributed by atoms with van der Waals surface area (Å²) in [6.45, 7) is 0.925. The van der Waals surface area contributed by atoms with Crippen molar-refractivity contribution in [2.45, 2.75) is 6.42 Å². The molecule has 1 saturated heterocycles. The van der Waals surface area contributed by atoms with Gasteiger partial charge in [-0.25, -0.2) is 0 Å². The molecule has 1 aliphatic rings. The van der Waals surface area contributed by atoms with Crippen LogP contribution in [0, 0.1) is 5.92 Å². The van der Waals surface area contributed by atoms with Crippen LogP contribution in [0.4, 0.5) is 5.69 Å². The van der Waals surface area contributed by atoms with Crippen molar-refractivity contribution in [3.05, 3.63) is 63.4 Å². The molecule has 1 atom stereocenters. The third-order valence-corrected chi connectivity index (χ3v) is 4.33. The average molecular weight is 387 g/mol. The zero-order valence-electron chi connectivity index (χ0n) is 12.8. The van der Waals surface area contributed by atoms with Crippen molar-refractivity contribution in [2.75, 3.05) is 18.0 Å². The van der Waals surface area contributed by atoms with Gasteiger partial charge in [0.05, 0.1) is 0 Å². The SMILES string of the molecule is [N-]=[N+]=NCC1CC(=O)N(c2ccc(Oc3ccc(Br)cc3)cc2)C1. The van der Waals surface area contributed by atoms with E-state index in [-0.39, 0.29) is 11.8 Å². The first-order valence-electron chi connectivity index (χ1n) is 7.50. The van der Waals surface area contributed by atoms with Gasteiger partial charge in [-0.3, -0.25) is 4.79 Å². The number of azide groups is 1. The van der Waals surface area contributed by atoms with Crippen LogP contribution in [0.1, 0.15) is 6.42 Å². The molecular weight excluding hydrogens is 372 g/mol. The first-order chi connectivity index (χ1) is 11.7. The molecule has 1 heterocycles. The Balaban J connectivity index is 1.67. The van der Waals surface area contributed by atoms with Gasteiger partial charge in [0.15, 0.2) is 0 Å². The Morgan fingerprint density at radius 1 is 1.17 bits per heavy atom. The van der Waals surface area contributed by atoms with Gasteiger partial charge in [-0.2, -0.15) is 0 Å². The highest BCUT2D eigenvalue weighted by Gasteiger charge is 2.29. The van der Waals surface area contributed by atoms with Crippen LogP contribution in [0.2, 0.25) is 0 Å². The van der Waals surface area contributed by atoms with Gasteiger partial charge in [-0.1, -0.05) is 21.0 Å². The van der Waals surface area contributed by atoms with Crippen LogP contribution in [-0.4, -0.2) is 19.0 Å². The van der Waals surface area contributed by atoms with Crippen LogP contribution in [0.15, 0.2) is 58.1 Å². The summed E-state index contributed by atoms with van der Waals surface area (Å²) in [5.41, 5.74) is 9.21. The maximum atomic E-state index is 12.1. The van der Waals surface area contributed by atoms with E-state index in [1.807, 2.05) is 48.5 Å². The molecule has 2 aromatic rings. The summed E-state index contributed by atoms with van der Waals surface area (Å²) in [4.78, 5) is 16.6. The summed E-state index contributed by atoms with van der Waals surface area (Å²) < 4.78 is 6.77. The lowest BCUT2D eigenvalue weighted by molar-refractivity contribution is -0.117. The van der Waals surface area contributed by atoms with Gasteiger partial charge in [-0.15, -0.1) is 0 Å². The van der Waals surface area contributed by atoms with Crippen molar-refractivity contribution in [3.8, 4) is 11.5 Å². The third-order valence-electron chi connectivity index (χ3n) is 3.81. The van der Waals surface area contributed by atoms with Crippen molar-refractivity contribution in [1.29, 1.82) is 0 Å². The van der Waals surface area contributed by atoms with E-state index < -0.39 is 0 Å². The summed E-state index contributed by atoms with van der Waals surface area (Å²) in [5, 5.41) is 3.56. The molecule has 1 unspecified atom stereocenters. The van der Waals surface area contributed by atoms with Crippen molar-refractivity contribution in [3.63, 3.8) is 0 Å². The largest absolute Gasteiger partial charge is 0.457 e. The van der Waals surface area contributed by atoms with Crippen LogP contribution in [0.3, 0.4) is 0 Å². The van der Waals surface area contributed by atoms with E-state index in [1.165, 1.54) is 0 Å². The summed E-state index contributed by atoms with van der Waals surface area (Å²) in [6.07, 6.45) is 0.413. The van der Waals surface area contributed by atoms with Gasteiger partial charge in [0.25, 0.3) is 0 Å². The Bertz CT molecular complexity index is 770. The molecule has 1 aliphatic heterocycles. The predicted molar refractivity (Wildman–Crippen MR) is 95.1 cm³/mol. The Hall–Kier alpha value is -2.50. The second-order valence-electron chi connectivity index (χ2n) is 5.54. The second kappa shape index (κ2) is 7.38. The number of benzene rings is 2. The molecule has 122 valence electrons. The Kier molecular flexibility index (Phi) is 5.03. The maximum Gasteiger partial charge on any atom is 0.227 e. The number of amides is 1. The van der Waals surface area contributed by atoms with Crippen molar-refractivity contribution >= 4 is 27.5 Å². The summed E-state index contributed by atoms with van der Waals surface area (Å²) in [5.74, 6) is 1.58. The number of rotatable bonds is 5. The molecule has 1 amide bonds. The minimum absolute atomic E-state index is 0.0507. The molecule has 0 aromatic heterocycles. The van der Waals surface area contributed by atoms with Crippen LogP contribution < -0.4 is 9.64 Å². The van der Waals surface area contributed by atoms with E-state index in [0.29, 0.717) is 25.3 Å². The lowest BCUT2D eigenvalue weighted by Crippen LogP contribution is -2.24. The van der Waals surface area contributed by atoms with Crippen LogP contribution in [0.25, 0.3) is 10.4 Å². The molecule has 6 nitrogen and oxygen atoms in total. The molecule has 0 aliphatic carbocycles. The molecule has 0 saturated carbocycles. The summed E-state index contributed by atoms with van der Waals surface area (Å²) in [7, 11) is 0. The molecule has 0 spiro atoms. The number of anilines is 1. The van der Waals surface area contributed by atoms with Gasteiger partial charge < -0.3 is 9.64 Å². The van der Waals surface area contributed by atoms with E-state index >= 15 is 0 Å². The highest BCUT2D eigenvalue weighted by atomic mass is 79.9. The summed E-state index contributed by atoms with van der Waals surface area (Å²) >= 11 is 3.38. The zero-order chi connectivity index (χ0) is 16.9. The van der Waals surface area contributed by atoms with E-state index in [0.717, 1.165) is 15.9 Å². The Labute approximate surface area is 147 Å². The van der Waals surface area contributed by atoms with Crippen molar-refractivity contribution in [2.24, 2.45) is 11.0 Å². The quantitative estimate of drug-likeness (QED) is 0.415. The van der Waals surface area contributed by atoms with Gasteiger partial charge in [0.2, 0.25) is 5.91 Å². The van der Waals surface area contributed by atoms with Crippen LogP contribution in [-0.2, 0) is 4.79 Å². The second-order valence-corrected chi connectivity index (χ2v) is 6.45. The summed E-state index contributed by atoms with van der Waals surface area (Å²) in [6, 6.07) is 15.0. The number of hydrogen-bond acceptors (Lipinski definition) is 3. The molecule has 2 aromatic carbocycles. The number of carbonyl (C=O) groups is 1. The number of ether oxygens (including phenoxy) is 1. The number of carbonyl (C=O) groups excluding carboxylic acids is 1. The predicted octanol–water partition coefficient (Wildman–Crippen LogP) is 4.90. The fourth-order valence-electron chi connectivity index (χ4n) is 2.64. The molecular formula is C17H15BrN4O2. The fourth-order valence-corrected chi connectivity index (χ4v) is 2.90. The third kappa shape index (κ3) is 3.88. The number of nitrogens with zero attached hydrogens (tertiary/aromatic N) is 4. The molecule has 7 heteroatoms. The minimum Gasteiger partial charge on any atom is -0.457 e. The van der Waals surface area contributed by atoms with E-state index in [1.54, 1.807) is 4.90 Å². The number of halogens is 1. The smallest absolute Gasteiger partial charge is 0.227 e. The van der Waals surface area contributed by atoms with Crippen molar-refractivity contribution in [1.82, 2.24) is 0 Å². The monoisotopic (exact) mass is 386 g/mol. The van der Waals surface area contributed by atoms with Crippen LogP contribution >= 0.6 is 15.9 Å². The van der Waals surface area contributed by atoms with Gasteiger partial charge in [0.1, 0.15) is 11.5 Å². The molecule has 0 radical (unpaired) electrons. The molecule has 3 rings (SSSR count). The lowest BCUT2D eigenvalue weighted by atomic mass is 10.1. The van der Waals surface area contributed by atoms with E-state index in [4.69, 9.17) is 10.3 Å². The van der Waals surface area contributed by atoms with Gasteiger partial charge >= 0.3 is 0 Å². The zero-order valence-corrected chi connectivity index (χ0v) is 14.4. The number of hydrogen-bond donors (Lipinski definition) is 0. The standard InChI is InChI=1S/C17H15BrN4O2/c18-13-1-5-15(6-2-13)24-16-7-3-14(4-8-16)22-11-12(9-17(22)23)10-20-21-19/h1-8,12H,9-11H2. The molecule has 0 bridgehead atoms. The molecule has 24 heavy (non-hydrogen) atoms. The van der Waals surface area contributed by atoms with E-state index in [2.05, 4.69) is 26.0 Å². The minimum atomic E-state index is 0.0507. The Morgan fingerprint density at radius 3 is 2.42 bits per heavy atom. The topological polar surface area (TPSA) is 78.3 Å². The fraction of sp³-hybridized carbons (Fsp3) is 0.235.